The first-order valence-electron chi connectivity index (χ1n) is 12.8. The van der Waals surface area contributed by atoms with Gasteiger partial charge in [-0.2, -0.15) is 18.1 Å². The SMILES string of the molecule is CC(C)(C)OC(=O)[C@H](CC1=C[C@H](C(F)(F)F)N(C(=O)OC(C)(C)C)C1=O)N(C(=O)OC(C)(C)C)C(=O)OC(C)(C)C. The lowest BCUT2D eigenvalue weighted by Gasteiger charge is -2.34. The smallest absolute Gasteiger partial charge is 0.420 e. The van der Waals surface area contributed by atoms with Gasteiger partial charge >= 0.3 is 30.4 Å². The third-order valence-electron chi connectivity index (χ3n) is 4.64. The van der Waals surface area contributed by atoms with Gasteiger partial charge in [0.05, 0.1) is 0 Å². The van der Waals surface area contributed by atoms with Crippen LogP contribution in [-0.4, -0.2) is 80.6 Å². The normalized spacial score (nSPS) is 17.4. The average molecular weight is 595 g/mol. The average Bonchev–Trinajstić information content (AvgIpc) is 2.98. The van der Waals surface area contributed by atoms with E-state index in [9.17, 15) is 37.1 Å². The van der Waals surface area contributed by atoms with Gasteiger partial charge in [-0.15, -0.1) is 0 Å². The van der Waals surface area contributed by atoms with Crippen molar-refractivity contribution in [3.63, 3.8) is 0 Å². The largest absolute Gasteiger partial charge is 0.458 e. The molecule has 0 radical (unpaired) electrons. The van der Waals surface area contributed by atoms with Crippen LogP contribution in [0.15, 0.2) is 11.6 Å². The van der Waals surface area contributed by atoms with Gasteiger partial charge in [0.25, 0.3) is 5.91 Å². The number of carbonyl (C=O) groups excluding carboxylic acids is 5. The molecule has 0 saturated carbocycles. The van der Waals surface area contributed by atoms with Gasteiger partial charge in [-0.1, -0.05) is 0 Å². The molecule has 1 aliphatic rings. The Morgan fingerprint density at radius 3 is 1.49 bits per heavy atom. The van der Waals surface area contributed by atoms with Crippen LogP contribution in [0.1, 0.15) is 89.5 Å². The number of carbonyl (C=O) groups is 5. The lowest BCUT2D eigenvalue weighted by atomic mass is 10.0. The predicted molar refractivity (Wildman–Crippen MR) is 140 cm³/mol. The Hall–Kier alpha value is -3.32. The summed E-state index contributed by atoms with van der Waals surface area (Å²) in [7, 11) is 0. The Morgan fingerprint density at radius 2 is 1.15 bits per heavy atom. The van der Waals surface area contributed by atoms with Gasteiger partial charge in [0, 0.05) is 12.0 Å². The van der Waals surface area contributed by atoms with Crippen molar-refractivity contribution < 1.29 is 56.1 Å². The maximum atomic E-state index is 14.0. The molecule has 41 heavy (non-hydrogen) atoms. The summed E-state index contributed by atoms with van der Waals surface area (Å²) in [6, 6.07) is -4.74. The van der Waals surface area contributed by atoms with E-state index >= 15 is 0 Å². The number of halogens is 3. The molecule has 0 saturated heterocycles. The third kappa shape index (κ3) is 11.2. The van der Waals surface area contributed by atoms with E-state index in [2.05, 4.69) is 0 Å². The molecule has 0 spiro atoms. The molecule has 4 amide bonds. The van der Waals surface area contributed by atoms with Crippen LogP contribution in [-0.2, 0) is 28.5 Å². The minimum atomic E-state index is -5.11. The van der Waals surface area contributed by atoms with Crippen molar-refractivity contribution in [3.8, 4) is 0 Å². The minimum Gasteiger partial charge on any atom is -0.458 e. The second-order valence-electron chi connectivity index (χ2n) is 13.4. The summed E-state index contributed by atoms with van der Waals surface area (Å²) in [6.07, 6.45) is -9.92. The fourth-order valence-corrected chi connectivity index (χ4v) is 3.33. The number of imide groups is 2. The Labute approximate surface area is 238 Å². The third-order valence-corrected chi connectivity index (χ3v) is 4.64. The highest BCUT2D eigenvalue weighted by Gasteiger charge is 2.54. The lowest BCUT2D eigenvalue weighted by Crippen LogP contribution is -2.53. The molecule has 1 aliphatic heterocycles. The second-order valence-corrected chi connectivity index (χ2v) is 13.4. The quantitative estimate of drug-likeness (QED) is 0.289. The van der Waals surface area contributed by atoms with Crippen molar-refractivity contribution >= 4 is 30.2 Å². The number of hydrogen-bond donors (Lipinski definition) is 0. The highest BCUT2D eigenvalue weighted by Crippen LogP contribution is 2.35. The van der Waals surface area contributed by atoms with Crippen LogP contribution >= 0.6 is 0 Å². The van der Waals surface area contributed by atoms with Gasteiger partial charge < -0.3 is 18.9 Å². The molecule has 0 aromatic heterocycles. The van der Waals surface area contributed by atoms with Crippen molar-refractivity contribution in [2.75, 3.05) is 0 Å². The molecule has 1 heterocycles. The summed E-state index contributed by atoms with van der Waals surface area (Å²) >= 11 is 0. The number of ether oxygens (including phenoxy) is 4. The van der Waals surface area contributed by atoms with E-state index in [-0.39, 0.29) is 9.80 Å². The van der Waals surface area contributed by atoms with Crippen LogP contribution < -0.4 is 0 Å². The molecule has 0 aliphatic carbocycles. The van der Waals surface area contributed by atoms with Gasteiger partial charge in [0.15, 0.2) is 6.04 Å². The number of rotatable bonds is 4. The zero-order chi connectivity index (χ0) is 32.5. The maximum absolute atomic E-state index is 14.0. The molecule has 234 valence electrons. The van der Waals surface area contributed by atoms with E-state index in [1.807, 2.05) is 0 Å². The summed E-state index contributed by atoms with van der Waals surface area (Å²) in [5, 5.41) is 0. The van der Waals surface area contributed by atoms with Crippen molar-refractivity contribution in [3.05, 3.63) is 11.6 Å². The zero-order valence-corrected chi connectivity index (χ0v) is 25.6. The first-order chi connectivity index (χ1) is 18.0. The number of amides is 4. The fourth-order valence-electron chi connectivity index (χ4n) is 3.33. The summed E-state index contributed by atoms with van der Waals surface area (Å²) < 4.78 is 62.8. The van der Waals surface area contributed by atoms with Crippen LogP contribution in [0.4, 0.5) is 27.6 Å². The first kappa shape index (κ1) is 35.7. The Balaban J connectivity index is 3.72. The molecular formula is C27H41F3N2O9. The minimum absolute atomic E-state index is 0.127. The van der Waals surface area contributed by atoms with Crippen LogP contribution in [0.5, 0.6) is 0 Å². The van der Waals surface area contributed by atoms with Crippen molar-refractivity contribution in [2.24, 2.45) is 0 Å². The summed E-state index contributed by atoms with van der Waals surface area (Å²) in [6.45, 7) is 17.6. The van der Waals surface area contributed by atoms with Crippen LogP contribution in [0.3, 0.4) is 0 Å². The second kappa shape index (κ2) is 11.9. The van der Waals surface area contributed by atoms with E-state index < -0.39 is 82.8 Å². The number of hydrogen-bond acceptors (Lipinski definition) is 9. The number of alkyl halides is 3. The van der Waals surface area contributed by atoms with Crippen molar-refractivity contribution in [2.45, 2.75) is 130 Å². The predicted octanol–water partition coefficient (Wildman–Crippen LogP) is 5.89. The van der Waals surface area contributed by atoms with Gasteiger partial charge in [-0.3, -0.25) is 4.79 Å². The molecule has 0 bridgehead atoms. The van der Waals surface area contributed by atoms with Gasteiger partial charge in [0.2, 0.25) is 0 Å². The first-order valence-corrected chi connectivity index (χ1v) is 12.8. The van der Waals surface area contributed by atoms with Gasteiger partial charge in [0.1, 0.15) is 28.4 Å². The van der Waals surface area contributed by atoms with Crippen LogP contribution in [0.2, 0.25) is 0 Å². The Bertz CT molecular complexity index is 1040. The molecule has 14 heteroatoms. The Kier molecular flexibility index (Phi) is 10.4. The monoisotopic (exact) mass is 594 g/mol. The highest BCUT2D eigenvalue weighted by molar-refractivity contribution is 6.06. The van der Waals surface area contributed by atoms with Crippen molar-refractivity contribution in [1.29, 1.82) is 0 Å². The van der Waals surface area contributed by atoms with Crippen molar-refractivity contribution in [1.82, 2.24) is 9.80 Å². The summed E-state index contributed by atoms with van der Waals surface area (Å²) in [4.78, 5) is 65.8. The fraction of sp³-hybridized carbons (Fsp3) is 0.741. The number of nitrogens with zero attached hydrogens (tertiary/aromatic N) is 2. The zero-order valence-electron chi connectivity index (χ0n) is 25.6. The number of esters is 1. The van der Waals surface area contributed by atoms with E-state index in [1.54, 1.807) is 0 Å². The molecule has 0 aromatic carbocycles. The van der Waals surface area contributed by atoms with Gasteiger partial charge in [-0.05, 0) is 89.2 Å². The molecular weight excluding hydrogens is 553 g/mol. The summed E-state index contributed by atoms with van der Waals surface area (Å²) in [5.41, 5.74) is -5.44. The van der Waals surface area contributed by atoms with E-state index in [1.165, 1.54) is 83.1 Å². The van der Waals surface area contributed by atoms with Gasteiger partial charge in [-0.25, -0.2) is 24.1 Å². The van der Waals surface area contributed by atoms with E-state index in [4.69, 9.17) is 18.9 Å². The van der Waals surface area contributed by atoms with E-state index in [0.717, 1.165) is 0 Å². The standard InChI is InChI=1S/C27H41F3N2O9/c1-23(2,3)38-19(34)16(31(20(35)39-24(4,5)6)21(36)40-25(7,8)9)13-15-14-17(27(28,29)30)32(18(15)33)22(37)41-26(10,11)12/h14,16-17H,13H2,1-12H3/t16-,17+/m0/s1. The summed E-state index contributed by atoms with van der Waals surface area (Å²) in [5.74, 6) is -2.66. The highest BCUT2D eigenvalue weighted by atomic mass is 19.4. The van der Waals surface area contributed by atoms with Crippen LogP contribution in [0.25, 0.3) is 0 Å². The molecule has 1 rings (SSSR count). The molecule has 11 nitrogen and oxygen atoms in total. The van der Waals surface area contributed by atoms with E-state index in [0.29, 0.717) is 6.08 Å². The molecule has 2 atom stereocenters. The topological polar surface area (TPSA) is 129 Å². The Morgan fingerprint density at radius 1 is 0.756 bits per heavy atom. The van der Waals surface area contributed by atoms with Crippen LogP contribution in [0, 0.1) is 0 Å². The maximum Gasteiger partial charge on any atom is 0.420 e. The molecule has 0 N–H and O–H groups in total. The molecule has 0 fully saturated rings. The molecule has 0 aromatic rings. The molecule has 0 unspecified atom stereocenters. The lowest BCUT2D eigenvalue weighted by molar-refractivity contribution is -0.171.